The first kappa shape index (κ1) is 11.5. The van der Waals surface area contributed by atoms with E-state index in [9.17, 15) is 5.11 Å². The summed E-state index contributed by atoms with van der Waals surface area (Å²) >= 11 is 3.26. The number of hydrogen-bond acceptors (Lipinski definition) is 3. The highest BCUT2D eigenvalue weighted by molar-refractivity contribution is 9.10. The third-order valence-corrected chi connectivity index (χ3v) is 2.75. The van der Waals surface area contributed by atoms with Crippen molar-refractivity contribution in [3.8, 4) is 5.75 Å². The van der Waals surface area contributed by atoms with Crippen LogP contribution in [0.25, 0.3) is 0 Å². The van der Waals surface area contributed by atoms with Crippen molar-refractivity contribution in [3.63, 3.8) is 0 Å². The molecule has 0 unspecified atom stereocenters. The zero-order valence-corrected chi connectivity index (χ0v) is 9.80. The van der Waals surface area contributed by atoms with Crippen LogP contribution in [-0.2, 0) is 0 Å². The summed E-state index contributed by atoms with van der Waals surface area (Å²) in [6.45, 7) is 1.90. The Morgan fingerprint density at radius 2 is 2.14 bits per heavy atom. The summed E-state index contributed by atoms with van der Waals surface area (Å²) in [5.74, 6) is 0.184. The highest BCUT2D eigenvalue weighted by atomic mass is 79.9. The molecule has 0 heterocycles. The number of aliphatic hydroxyl groups is 1. The van der Waals surface area contributed by atoms with Gasteiger partial charge >= 0.3 is 0 Å². The molecule has 0 aromatic heterocycles. The van der Waals surface area contributed by atoms with Gasteiger partial charge < -0.3 is 15.5 Å². The summed E-state index contributed by atoms with van der Waals surface area (Å²) in [6.07, 6.45) is 0. The lowest BCUT2D eigenvalue weighted by Crippen LogP contribution is -2.20. The Morgan fingerprint density at radius 1 is 1.50 bits per heavy atom. The summed E-state index contributed by atoms with van der Waals surface area (Å²) in [7, 11) is 1.75. The third kappa shape index (κ3) is 2.26. The Balaban J connectivity index is 3.18. The average molecular weight is 260 g/mol. The number of phenols is 1. The molecule has 0 spiro atoms. The molecule has 14 heavy (non-hydrogen) atoms. The summed E-state index contributed by atoms with van der Waals surface area (Å²) in [5, 5.41) is 21.8. The Kier molecular flexibility index (Phi) is 3.92. The van der Waals surface area contributed by atoms with Crippen molar-refractivity contribution in [3.05, 3.63) is 27.7 Å². The van der Waals surface area contributed by atoms with Crippen molar-refractivity contribution in [2.45, 2.75) is 13.0 Å². The molecule has 0 radical (unpaired) electrons. The van der Waals surface area contributed by atoms with Gasteiger partial charge in [-0.15, -0.1) is 0 Å². The summed E-state index contributed by atoms with van der Waals surface area (Å²) < 4.78 is 0.654. The van der Waals surface area contributed by atoms with Gasteiger partial charge in [-0.3, -0.25) is 0 Å². The molecule has 0 fully saturated rings. The van der Waals surface area contributed by atoms with Crippen LogP contribution in [0.1, 0.15) is 17.2 Å². The van der Waals surface area contributed by atoms with Gasteiger partial charge in [-0.1, -0.05) is 6.07 Å². The first-order valence-corrected chi connectivity index (χ1v) is 5.16. The van der Waals surface area contributed by atoms with Crippen LogP contribution >= 0.6 is 15.9 Å². The van der Waals surface area contributed by atoms with Gasteiger partial charge in [0.2, 0.25) is 0 Å². The summed E-state index contributed by atoms with van der Waals surface area (Å²) in [4.78, 5) is 0. The Labute approximate surface area is 91.9 Å². The number of nitrogens with one attached hydrogen (secondary N) is 1. The van der Waals surface area contributed by atoms with Crippen LogP contribution in [-0.4, -0.2) is 23.9 Å². The second-order valence-electron chi connectivity index (χ2n) is 3.21. The lowest BCUT2D eigenvalue weighted by atomic mass is 10.0. The lowest BCUT2D eigenvalue weighted by Gasteiger charge is -2.16. The summed E-state index contributed by atoms with van der Waals surface area (Å²) in [6, 6.07) is 3.46. The van der Waals surface area contributed by atoms with E-state index in [1.54, 1.807) is 7.05 Å². The van der Waals surface area contributed by atoms with E-state index < -0.39 is 0 Å². The second-order valence-corrected chi connectivity index (χ2v) is 4.06. The Bertz CT molecular complexity index is 324. The number of aromatic hydroxyl groups is 1. The second kappa shape index (κ2) is 4.77. The molecule has 0 bridgehead atoms. The molecular formula is C10H14BrNO2. The molecule has 4 heteroatoms. The molecule has 1 aromatic carbocycles. The predicted octanol–water partition coefficient (Wildman–Crippen LogP) is 1.72. The maximum absolute atomic E-state index is 9.76. The highest BCUT2D eigenvalue weighted by Crippen LogP contribution is 2.32. The highest BCUT2D eigenvalue weighted by Gasteiger charge is 2.14. The maximum atomic E-state index is 9.76. The van der Waals surface area contributed by atoms with E-state index in [1.165, 1.54) is 0 Å². The van der Waals surface area contributed by atoms with Gasteiger partial charge in [0.05, 0.1) is 17.1 Å². The van der Waals surface area contributed by atoms with Crippen molar-refractivity contribution >= 4 is 15.9 Å². The number of rotatable bonds is 3. The van der Waals surface area contributed by atoms with Gasteiger partial charge in [-0.25, -0.2) is 0 Å². The van der Waals surface area contributed by atoms with Gasteiger partial charge in [0.25, 0.3) is 0 Å². The molecule has 0 aliphatic heterocycles. The number of aryl methyl sites for hydroxylation is 1. The number of phenolic OH excluding ortho intramolecular Hbond substituents is 1. The number of benzene rings is 1. The van der Waals surface area contributed by atoms with Crippen molar-refractivity contribution in [1.29, 1.82) is 0 Å². The average Bonchev–Trinajstić information content (AvgIpc) is 2.15. The normalized spacial score (nSPS) is 12.9. The minimum atomic E-state index is -0.230. The molecular weight excluding hydrogens is 246 g/mol. The van der Waals surface area contributed by atoms with Crippen molar-refractivity contribution in [1.82, 2.24) is 5.32 Å². The monoisotopic (exact) mass is 259 g/mol. The van der Waals surface area contributed by atoms with Gasteiger partial charge in [0, 0.05) is 5.56 Å². The van der Waals surface area contributed by atoms with E-state index in [4.69, 9.17) is 5.11 Å². The number of likely N-dealkylation sites (N-methyl/N-ethyl adjacent to an activating group) is 1. The first-order chi connectivity index (χ1) is 6.60. The number of aliphatic hydroxyl groups excluding tert-OH is 1. The van der Waals surface area contributed by atoms with Gasteiger partial charge in [-0.2, -0.15) is 0 Å². The standard InChI is InChI=1S/C10H14BrNO2/c1-6-3-7(9(5-13)12-2)10(14)8(11)4-6/h3-4,9,12-14H,5H2,1-2H3/t9-/m1/s1. The molecule has 78 valence electrons. The number of hydrogen-bond donors (Lipinski definition) is 3. The molecule has 0 amide bonds. The van der Waals surface area contributed by atoms with Crippen LogP contribution in [0.3, 0.4) is 0 Å². The quantitative estimate of drug-likeness (QED) is 0.775. The molecule has 0 aliphatic rings. The smallest absolute Gasteiger partial charge is 0.134 e. The fourth-order valence-corrected chi connectivity index (χ4v) is 1.96. The van der Waals surface area contributed by atoms with Gasteiger partial charge in [-0.05, 0) is 41.5 Å². The molecule has 1 rings (SSSR count). The van der Waals surface area contributed by atoms with Crippen molar-refractivity contribution < 1.29 is 10.2 Å². The molecule has 0 saturated heterocycles. The molecule has 1 atom stereocenters. The summed E-state index contributed by atoms with van der Waals surface area (Å²) in [5.41, 5.74) is 1.75. The molecule has 0 aliphatic carbocycles. The molecule has 0 saturated carbocycles. The first-order valence-electron chi connectivity index (χ1n) is 4.37. The van der Waals surface area contributed by atoms with Crippen LogP contribution in [0.4, 0.5) is 0 Å². The van der Waals surface area contributed by atoms with Gasteiger partial charge in [0.1, 0.15) is 5.75 Å². The largest absolute Gasteiger partial charge is 0.506 e. The Morgan fingerprint density at radius 3 is 2.64 bits per heavy atom. The molecule has 3 nitrogen and oxygen atoms in total. The van der Waals surface area contributed by atoms with Crippen LogP contribution in [0, 0.1) is 6.92 Å². The minimum Gasteiger partial charge on any atom is -0.506 e. The SMILES string of the molecule is CN[C@H](CO)c1cc(C)cc(Br)c1O. The molecule has 1 aromatic rings. The van der Waals surface area contributed by atoms with E-state index in [0.717, 1.165) is 5.56 Å². The van der Waals surface area contributed by atoms with Crippen LogP contribution in [0.2, 0.25) is 0 Å². The van der Waals surface area contributed by atoms with Crippen molar-refractivity contribution in [2.75, 3.05) is 13.7 Å². The van der Waals surface area contributed by atoms with Crippen LogP contribution < -0.4 is 5.32 Å². The maximum Gasteiger partial charge on any atom is 0.134 e. The van der Waals surface area contributed by atoms with E-state index in [2.05, 4.69) is 21.2 Å². The lowest BCUT2D eigenvalue weighted by molar-refractivity contribution is 0.248. The van der Waals surface area contributed by atoms with E-state index >= 15 is 0 Å². The fraction of sp³-hybridized carbons (Fsp3) is 0.400. The van der Waals surface area contributed by atoms with E-state index in [0.29, 0.717) is 10.0 Å². The zero-order valence-electron chi connectivity index (χ0n) is 8.21. The predicted molar refractivity (Wildman–Crippen MR) is 59.4 cm³/mol. The van der Waals surface area contributed by atoms with Crippen molar-refractivity contribution in [2.24, 2.45) is 0 Å². The third-order valence-electron chi connectivity index (χ3n) is 2.14. The van der Waals surface area contributed by atoms with Gasteiger partial charge in [0.15, 0.2) is 0 Å². The van der Waals surface area contributed by atoms with E-state index in [1.807, 2.05) is 19.1 Å². The number of halogens is 1. The Hall–Kier alpha value is -0.580. The fourth-order valence-electron chi connectivity index (χ4n) is 1.37. The topological polar surface area (TPSA) is 52.5 Å². The zero-order chi connectivity index (χ0) is 10.7. The van der Waals surface area contributed by atoms with E-state index in [-0.39, 0.29) is 18.4 Å². The minimum absolute atomic E-state index is 0.0417. The molecule has 3 N–H and O–H groups in total. The van der Waals surface area contributed by atoms with Crippen LogP contribution in [0.5, 0.6) is 5.75 Å². The van der Waals surface area contributed by atoms with Crippen LogP contribution in [0.15, 0.2) is 16.6 Å².